The zero-order chi connectivity index (χ0) is 18.6. The normalized spacial score (nSPS) is 16.7. The van der Waals surface area contributed by atoms with Crippen LogP contribution >= 0.6 is 0 Å². The number of likely N-dealkylation sites (tertiary alicyclic amines) is 1. The SMILES string of the molecule is Cc1ccc(OC2CCN(CCNS(=O)(=O)c3cnn(C)c3)CC2)cc1. The van der Waals surface area contributed by atoms with Gasteiger partial charge >= 0.3 is 0 Å². The van der Waals surface area contributed by atoms with Gasteiger partial charge < -0.3 is 9.64 Å². The number of sulfonamides is 1. The third-order valence-corrected chi connectivity index (χ3v) is 5.99. The van der Waals surface area contributed by atoms with E-state index in [1.54, 1.807) is 7.05 Å². The highest BCUT2D eigenvalue weighted by atomic mass is 32.2. The van der Waals surface area contributed by atoms with Crippen molar-refractivity contribution in [3.63, 3.8) is 0 Å². The van der Waals surface area contributed by atoms with Gasteiger partial charge in [-0.05, 0) is 31.9 Å². The molecular weight excluding hydrogens is 352 g/mol. The van der Waals surface area contributed by atoms with Gasteiger partial charge in [-0.3, -0.25) is 4.68 Å². The summed E-state index contributed by atoms with van der Waals surface area (Å²) in [5.74, 6) is 0.915. The van der Waals surface area contributed by atoms with Crippen LogP contribution in [0.5, 0.6) is 5.75 Å². The first-order chi connectivity index (χ1) is 12.4. The Morgan fingerprint density at radius 3 is 2.54 bits per heavy atom. The van der Waals surface area contributed by atoms with E-state index in [2.05, 4.69) is 33.8 Å². The number of benzene rings is 1. The summed E-state index contributed by atoms with van der Waals surface area (Å²) in [6, 6.07) is 8.13. The Morgan fingerprint density at radius 1 is 1.23 bits per heavy atom. The second-order valence-electron chi connectivity index (χ2n) is 6.72. The third-order valence-electron chi connectivity index (χ3n) is 4.57. The lowest BCUT2D eigenvalue weighted by Crippen LogP contribution is -2.42. The van der Waals surface area contributed by atoms with Crippen LogP contribution in [0.15, 0.2) is 41.6 Å². The molecule has 0 saturated carbocycles. The van der Waals surface area contributed by atoms with E-state index in [9.17, 15) is 8.42 Å². The van der Waals surface area contributed by atoms with E-state index in [4.69, 9.17) is 4.74 Å². The molecule has 1 fully saturated rings. The molecule has 1 saturated heterocycles. The molecule has 1 N–H and O–H groups in total. The molecule has 7 nitrogen and oxygen atoms in total. The fraction of sp³-hybridized carbons (Fsp3) is 0.500. The molecule has 1 aliphatic rings. The first kappa shape index (κ1) is 18.9. The predicted octanol–water partition coefficient (Wildman–Crippen LogP) is 1.55. The van der Waals surface area contributed by atoms with Gasteiger partial charge in [0.15, 0.2) is 0 Å². The minimum absolute atomic E-state index is 0.199. The standard InChI is InChI=1S/C18H26N4O3S/c1-15-3-5-16(6-4-15)25-17-7-10-22(11-8-17)12-9-20-26(23,24)18-13-19-21(2)14-18/h3-6,13-14,17,20H,7-12H2,1-2H3. The van der Waals surface area contributed by atoms with E-state index in [1.165, 1.54) is 22.6 Å². The smallest absolute Gasteiger partial charge is 0.243 e. The monoisotopic (exact) mass is 378 g/mol. The first-order valence-corrected chi connectivity index (χ1v) is 10.3. The van der Waals surface area contributed by atoms with Crippen molar-refractivity contribution in [2.75, 3.05) is 26.2 Å². The van der Waals surface area contributed by atoms with Crippen LogP contribution in [0.3, 0.4) is 0 Å². The van der Waals surface area contributed by atoms with Crippen LogP contribution in [0.4, 0.5) is 0 Å². The molecule has 1 aromatic heterocycles. The molecule has 0 spiro atoms. The number of nitrogens with zero attached hydrogens (tertiary/aromatic N) is 3. The quantitative estimate of drug-likeness (QED) is 0.791. The van der Waals surface area contributed by atoms with E-state index in [0.29, 0.717) is 13.1 Å². The highest BCUT2D eigenvalue weighted by molar-refractivity contribution is 7.89. The van der Waals surface area contributed by atoms with Gasteiger partial charge in [0, 0.05) is 39.4 Å². The minimum Gasteiger partial charge on any atom is -0.490 e. The molecule has 1 aromatic carbocycles. The zero-order valence-electron chi connectivity index (χ0n) is 15.3. The van der Waals surface area contributed by atoms with Crippen LogP contribution in [0.25, 0.3) is 0 Å². The third kappa shape index (κ3) is 5.06. The fourth-order valence-electron chi connectivity index (χ4n) is 3.02. The van der Waals surface area contributed by atoms with Crippen molar-refractivity contribution in [1.82, 2.24) is 19.4 Å². The summed E-state index contributed by atoms with van der Waals surface area (Å²) in [4.78, 5) is 2.46. The van der Waals surface area contributed by atoms with Gasteiger partial charge in [-0.2, -0.15) is 5.10 Å². The van der Waals surface area contributed by atoms with Gasteiger partial charge in [0.25, 0.3) is 0 Å². The van der Waals surface area contributed by atoms with Crippen molar-refractivity contribution in [2.45, 2.75) is 30.8 Å². The largest absolute Gasteiger partial charge is 0.490 e. The maximum Gasteiger partial charge on any atom is 0.243 e. The van der Waals surface area contributed by atoms with E-state index >= 15 is 0 Å². The average molecular weight is 378 g/mol. The van der Waals surface area contributed by atoms with Gasteiger partial charge in [-0.1, -0.05) is 17.7 Å². The maximum absolute atomic E-state index is 12.2. The van der Waals surface area contributed by atoms with Crippen molar-refractivity contribution in [3.8, 4) is 5.75 Å². The summed E-state index contributed by atoms with van der Waals surface area (Å²) < 4.78 is 34.5. The lowest BCUT2D eigenvalue weighted by atomic mass is 10.1. The van der Waals surface area contributed by atoms with E-state index in [0.717, 1.165) is 31.7 Å². The van der Waals surface area contributed by atoms with E-state index in [-0.39, 0.29) is 11.0 Å². The summed E-state index contributed by atoms with van der Waals surface area (Å²) in [7, 11) is -1.78. The van der Waals surface area contributed by atoms with Crippen molar-refractivity contribution in [1.29, 1.82) is 0 Å². The van der Waals surface area contributed by atoms with Crippen molar-refractivity contribution >= 4 is 10.0 Å². The second-order valence-corrected chi connectivity index (χ2v) is 8.49. The molecule has 0 bridgehead atoms. The Hall–Kier alpha value is -1.90. The molecule has 2 aromatic rings. The van der Waals surface area contributed by atoms with Gasteiger partial charge in [0.1, 0.15) is 16.7 Å². The van der Waals surface area contributed by atoms with E-state index < -0.39 is 10.0 Å². The number of hydrogen-bond acceptors (Lipinski definition) is 5. The number of nitrogens with one attached hydrogen (secondary N) is 1. The second kappa shape index (κ2) is 8.20. The van der Waals surface area contributed by atoms with Crippen molar-refractivity contribution in [3.05, 3.63) is 42.2 Å². The lowest BCUT2D eigenvalue weighted by molar-refractivity contribution is 0.102. The van der Waals surface area contributed by atoms with Gasteiger partial charge in [-0.25, -0.2) is 13.1 Å². The molecule has 2 heterocycles. The van der Waals surface area contributed by atoms with E-state index in [1.807, 2.05) is 12.1 Å². The van der Waals surface area contributed by atoms with Gasteiger partial charge in [0.05, 0.1) is 6.20 Å². The maximum atomic E-state index is 12.2. The van der Waals surface area contributed by atoms with Crippen LogP contribution in [0, 0.1) is 6.92 Å². The molecule has 0 radical (unpaired) electrons. The Labute approximate surface area is 155 Å². The molecule has 1 aliphatic heterocycles. The fourth-order valence-corrected chi connectivity index (χ4v) is 4.02. The molecular formula is C18H26N4O3S. The summed E-state index contributed by atoms with van der Waals surface area (Å²) >= 11 is 0. The summed E-state index contributed by atoms with van der Waals surface area (Å²) in [6.45, 7) is 4.96. The molecule has 0 aliphatic carbocycles. The topological polar surface area (TPSA) is 76.5 Å². The molecule has 142 valence electrons. The van der Waals surface area contributed by atoms with Crippen molar-refractivity contribution in [2.24, 2.45) is 7.05 Å². The van der Waals surface area contributed by atoms with Crippen LogP contribution < -0.4 is 9.46 Å². The molecule has 8 heteroatoms. The molecule has 0 amide bonds. The lowest BCUT2D eigenvalue weighted by Gasteiger charge is -2.32. The number of ether oxygens (including phenoxy) is 1. The minimum atomic E-state index is -3.48. The van der Waals surface area contributed by atoms with Gasteiger partial charge in [0.2, 0.25) is 10.0 Å². The van der Waals surface area contributed by atoms with Crippen LogP contribution in [-0.4, -0.2) is 55.4 Å². The zero-order valence-corrected chi connectivity index (χ0v) is 16.1. The van der Waals surface area contributed by atoms with Crippen LogP contribution in [-0.2, 0) is 17.1 Å². The Balaban J connectivity index is 1.39. The number of rotatable bonds is 7. The predicted molar refractivity (Wildman–Crippen MR) is 99.7 cm³/mol. The number of aryl methyl sites for hydroxylation is 2. The molecule has 0 atom stereocenters. The highest BCUT2D eigenvalue weighted by Gasteiger charge is 2.21. The first-order valence-electron chi connectivity index (χ1n) is 8.86. The van der Waals surface area contributed by atoms with Gasteiger partial charge in [-0.15, -0.1) is 0 Å². The summed E-state index contributed by atoms with van der Waals surface area (Å²) in [5.41, 5.74) is 1.22. The summed E-state index contributed by atoms with van der Waals surface area (Å²) in [6.07, 6.45) is 4.97. The number of hydrogen-bond donors (Lipinski definition) is 1. The average Bonchev–Trinajstić information content (AvgIpc) is 3.06. The molecule has 26 heavy (non-hydrogen) atoms. The molecule has 0 unspecified atom stereocenters. The molecule has 3 rings (SSSR count). The number of aromatic nitrogens is 2. The number of piperidine rings is 1. The summed E-state index contributed by atoms with van der Waals surface area (Å²) in [5, 5.41) is 3.90. The Kier molecular flexibility index (Phi) is 5.95. The van der Waals surface area contributed by atoms with Crippen molar-refractivity contribution < 1.29 is 13.2 Å². The Morgan fingerprint density at radius 2 is 1.92 bits per heavy atom. The Bertz CT molecular complexity index is 809. The highest BCUT2D eigenvalue weighted by Crippen LogP contribution is 2.19. The van der Waals surface area contributed by atoms with Crippen LogP contribution in [0.2, 0.25) is 0 Å². The van der Waals surface area contributed by atoms with Crippen LogP contribution in [0.1, 0.15) is 18.4 Å².